The number of thioether (sulfide) groups is 1. The molecule has 0 saturated heterocycles. The zero-order valence-corrected chi connectivity index (χ0v) is 9.84. The summed E-state index contributed by atoms with van der Waals surface area (Å²) in [6.07, 6.45) is 2.08. The van der Waals surface area contributed by atoms with E-state index in [1.807, 2.05) is 11.8 Å². The molecule has 15 heavy (non-hydrogen) atoms. The second-order valence-corrected chi connectivity index (χ2v) is 4.78. The number of benzene rings is 1. The van der Waals surface area contributed by atoms with Crippen LogP contribution in [-0.4, -0.2) is 28.3 Å². The highest BCUT2D eigenvalue weighted by Gasteiger charge is 2.01. The van der Waals surface area contributed by atoms with Crippen molar-refractivity contribution in [2.75, 3.05) is 12.8 Å². The molecule has 3 N–H and O–H groups in total. The summed E-state index contributed by atoms with van der Waals surface area (Å²) in [5, 5.41) is 22.3. The highest BCUT2D eigenvalue weighted by atomic mass is 32.2. The van der Waals surface area contributed by atoms with E-state index in [1.165, 1.54) is 6.07 Å². The van der Waals surface area contributed by atoms with Crippen LogP contribution < -0.4 is 5.32 Å². The minimum absolute atomic E-state index is 0.0628. The van der Waals surface area contributed by atoms with E-state index in [0.29, 0.717) is 11.8 Å². The first-order valence-corrected chi connectivity index (χ1v) is 6.16. The predicted molar refractivity (Wildman–Crippen MR) is 64.5 cm³/mol. The van der Waals surface area contributed by atoms with Gasteiger partial charge in [-0.15, -0.1) is 0 Å². The lowest BCUT2D eigenvalue weighted by molar-refractivity contribution is 0.403. The Morgan fingerprint density at radius 1 is 1.33 bits per heavy atom. The van der Waals surface area contributed by atoms with Crippen LogP contribution >= 0.6 is 11.8 Å². The first-order chi connectivity index (χ1) is 7.13. The summed E-state index contributed by atoms with van der Waals surface area (Å²) in [7, 11) is 0. The fourth-order valence-corrected chi connectivity index (χ4v) is 1.47. The Labute approximate surface area is 94.5 Å². The fraction of sp³-hybridized carbons (Fsp3) is 0.455. The van der Waals surface area contributed by atoms with Gasteiger partial charge in [-0.05, 0) is 24.0 Å². The van der Waals surface area contributed by atoms with E-state index in [1.54, 1.807) is 12.1 Å². The summed E-state index contributed by atoms with van der Waals surface area (Å²) in [6.45, 7) is 3.80. The molecule has 84 valence electrons. The van der Waals surface area contributed by atoms with Crippen LogP contribution in [0.5, 0.6) is 11.5 Å². The maximum Gasteiger partial charge on any atom is 0.157 e. The first-order valence-electron chi connectivity index (χ1n) is 4.88. The monoisotopic (exact) mass is 227 g/mol. The molecular weight excluding hydrogens is 210 g/mol. The Balaban J connectivity index is 2.41. The molecule has 1 atom stereocenters. The van der Waals surface area contributed by atoms with Crippen LogP contribution in [0.4, 0.5) is 0 Å². The lowest BCUT2D eigenvalue weighted by Crippen LogP contribution is -2.21. The zero-order valence-electron chi connectivity index (χ0n) is 9.03. The van der Waals surface area contributed by atoms with Gasteiger partial charge in [-0.3, -0.25) is 0 Å². The van der Waals surface area contributed by atoms with Crippen molar-refractivity contribution in [1.29, 1.82) is 0 Å². The molecule has 0 bridgehead atoms. The van der Waals surface area contributed by atoms with Crippen LogP contribution in [0.1, 0.15) is 12.5 Å². The van der Waals surface area contributed by atoms with Gasteiger partial charge in [0.05, 0.1) is 0 Å². The molecule has 4 heteroatoms. The van der Waals surface area contributed by atoms with E-state index in [9.17, 15) is 5.11 Å². The number of phenolic OH excluding ortho intramolecular Hbond substituents is 2. The third-order valence-corrected chi connectivity index (χ3v) is 3.17. The minimum atomic E-state index is -0.0729. The van der Waals surface area contributed by atoms with Crippen LogP contribution in [0.15, 0.2) is 18.2 Å². The van der Waals surface area contributed by atoms with Crippen molar-refractivity contribution in [3.05, 3.63) is 23.8 Å². The molecule has 0 aromatic heterocycles. The average Bonchev–Trinajstić information content (AvgIpc) is 2.23. The van der Waals surface area contributed by atoms with Crippen molar-refractivity contribution in [3.63, 3.8) is 0 Å². The van der Waals surface area contributed by atoms with Crippen molar-refractivity contribution in [3.8, 4) is 11.5 Å². The lowest BCUT2D eigenvalue weighted by Gasteiger charge is -2.10. The third-order valence-electron chi connectivity index (χ3n) is 2.20. The Bertz CT molecular complexity index is 317. The molecule has 0 heterocycles. The minimum Gasteiger partial charge on any atom is -0.504 e. The van der Waals surface area contributed by atoms with E-state index in [2.05, 4.69) is 18.5 Å². The topological polar surface area (TPSA) is 52.5 Å². The van der Waals surface area contributed by atoms with Crippen LogP contribution in [0, 0.1) is 0 Å². The standard InChI is InChI=1S/C11H17NO2S/c1-8(15-2)6-12-7-9-3-4-10(13)11(14)5-9/h3-5,8,12-14H,6-7H2,1-2H3. The number of aromatic hydroxyl groups is 2. The molecule has 0 aliphatic carbocycles. The normalized spacial score (nSPS) is 12.7. The maximum atomic E-state index is 9.27. The third kappa shape index (κ3) is 4.01. The largest absolute Gasteiger partial charge is 0.504 e. The summed E-state index contributed by atoms with van der Waals surface area (Å²) in [5.74, 6) is -0.136. The Hall–Kier alpha value is -0.870. The van der Waals surface area contributed by atoms with Gasteiger partial charge in [0.15, 0.2) is 11.5 Å². The highest BCUT2D eigenvalue weighted by molar-refractivity contribution is 7.99. The summed E-state index contributed by atoms with van der Waals surface area (Å²) >= 11 is 1.81. The van der Waals surface area contributed by atoms with Gasteiger partial charge in [0.25, 0.3) is 0 Å². The molecule has 0 aliphatic rings. The zero-order chi connectivity index (χ0) is 11.3. The van der Waals surface area contributed by atoms with Crippen molar-refractivity contribution >= 4 is 11.8 Å². The number of rotatable bonds is 5. The van der Waals surface area contributed by atoms with Gasteiger partial charge in [-0.25, -0.2) is 0 Å². The molecule has 0 amide bonds. The summed E-state index contributed by atoms with van der Waals surface area (Å²) in [6, 6.07) is 4.88. The number of hydrogen-bond donors (Lipinski definition) is 3. The van der Waals surface area contributed by atoms with E-state index in [-0.39, 0.29) is 11.5 Å². The van der Waals surface area contributed by atoms with Crippen molar-refractivity contribution in [2.24, 2.45) is 0 Å². The lowest BCUT2D eigenvalue weighted by atomic mass is 10.2. The molecule has 1 aromatic rings. The summed E-state index contributed by atoms with van der Waals surface area (Å²) in [4.78, 5) is 0. The molecule has 0 fully saturated rings. The first kappa shape index (κ1) is 12.2. The Morgan fingerprint density at radius 3 is 2.67 bits per heavy atom. The molecule has 0 aliphatic heterocycles. The fourth-order valence-electron chi connectivity index (χ4n) is 1.18. The number of nitrogens with one attached hydrogen (secondary N) is 1. The van der Waals surface area contributed by atoms with Gasteiger partial charge in [-0.1, -0.05) is 13.0 Å². The summed E-state index contributed by atoms with van der Waals surface area (Å²) in [5.41, 5.74) is 0.971. The Morgan fingerprint density at radius 2 is 2.07 bits per heavy atom. The SMILES string of the molecule is CSC(C)CNCc1ccc(O)c(O)c1. The molecular formula is C11H17NO2S. The predicted octanol–water partition coefficient (Wildman–Crippen LogP) is 1.94. The maximum absolute atomic E-state index is 9.27. The van der Waals surface area contributed by atoms with E-state index >= 15 is 0 Å². The number of hydrogen-bond acceptors (Lipinski definition) is 4. The van der Waals surface area contributed by atoms with Crippen LogP contribution in [0.25, 0.3) is 0 Å². The van der Waals surface area contributed by atoms with Gasteiger partial charge < -0.3 is 15.5 Å². The van der Waals surface area contributed by atoms with Gasteiger partial charge in [-0.2, -0.15) is 11.8 Å². The van der Waals surface area contributed by atoms with Gasteiger partial charge in [0, 0.05) is 18.3 Å². The molecule has 0 radical (unpaired) electrons. The van der Waals surface area contributed by atoms with Gasteiger partial charge in [0.2, 0.25) is 0 Å². The molecule has 0 saturated carbocycles. The Kier molecular flexibility index (Phi) is 4.78. The second kappa shape index (κ2) is 5.88. The quantitative estimate of drug-likeness (QED) is 0.673. The van der Waals surface area contributed by atoms with Crippen LogP contribution in [0.2, 0.25) is 0 Å². The van der Waals surface area contributed by atoms with Crippen molar-refractivity contribution in [2.45, 2.75) is 18.7 Å². The molecule has 3 nitrogen and oxygen atoms in total. The second-order valence-electron chi connectivity index (χ2n) is 3.50. The van der Waals surface area contributed by atoms with E-state index < -0.39 is 0 Å². The summed E-state index contributed by atoms with van der Waals surface area (Å²) < 4.78 is 0. The highest BCUT2D eigenvalue weighted by Crippen LogP contribution is 2.24. The average molecular weight is 227 g/mol. The van der Waals surface area contributed by atoms with Gasteiger partial charge in [0.1, 0.15) is 0 Å². The van der Waals surface area contributed by atoms with Crippen LogP contribution in [0.3, 0.4) is 0 Å². The number of phenols is 2. The van der Waals surface area contributed by atoms with Crippen molar-refractivity contribution in [1.82, 2.24) is 5.32 Å². The molecule has 1 rings (SSSR count). The molecule has 0 spiro atoms. The van der Waals surface area contributed by atoms with Crippen LogP contribution in [-0.2, 0) is 6.54 Å². The van der Waals surface area contributed by atoms with E-state index in [4.69, 9.17) is 5.11 Å². The molecule has 1 unspecified atom stereocenters. The van der Waals surface area contributed by atoms with Gasteiger partial charge >= 0.3 is 0 Å². The van der Waals surface area contributed by atoms with Crippen molar-refractivity contribution < 1.29 is 10.2 Å². The molecule has 1 aromatic carbocycles. The smallest absolute Gasteiger partial charge is 0.157 e. The van der Waals surface area contributed by atoms with E-state index in [0.717, 1.165) is 12.1 Å².